The van der Waals surface area contributed by atoms with Gasteiger partial charge >= 0.3 is 0 Å². The second-order valence-electron chi connectivity index (χ2n) is 3.80. The van der Waals surface area contributed by atoms with Crippen LogP contribution in [0.4, 0.5) is 8.78 Å². The highest BCUT2D eigenvalue weighted by Crippen LogP contribution is 2.23. The van der Waals surface area contributed by atoms with Crippen LogP contribution in [0.5, 0.6) is 11.6 Å². The maximum atomic E-state index is 13.4. The summed E-state index contributed by atoms with van der Waals surface area (Å²) in [5, 5.41) is 10.8. The van der Waals surface area contributed by atoms with E-state index in [1.165, 1.54) is 12.1 Å². The van der Waals surface area contributed by atoms with Gasteiger partial charge in [0.1, 0.15) is 0 Å². The number of rotatable bonds is 5. The zero-order valence-corrected chi connectivity index (χ0v) is 10.4. The molecule has 0 aliphatic carbocycles. The molecule has 1 heterocycles. The van der Waals surface area contributed by atoms with Crippen molar-refractivity contribution in [2.24, 2.45) is 0 Å². The summed E-state index contributed by atoms with van der Waals surface area (Å²) in [7, 11) is 0. The summed E-state index contributed by atoms with van der Waals surface area (Å²) in [5.74, 6) is -2.10. The number of nitrogens with one attached hydrogen (secondary N) is 1. The highest BCUT2D eigenvalue weighted by atomic mass is 19.2. The third-order valence-electron chi connectivity index (χ3n) is 2.38. The van der Waals surface area contributed by atoms with Crippen molar-refractivity contribution in [1.29, 1.82) is 0 Å². The van der Waals surface area contributed by atoms with Crippen molar-refractivity contribution >= 4 is 0 Å². The number of aromatic nitrogens is 2. The van der Waals surface area contributed by atoms with E-state index in [-0.39, 0.29) is 11.6 Å². The molecule has 19 heavy (non-hydrogen) atoms. The number of halogens is 2. The molecule has 4 nitrogen and oxygen atoms in total. The van der Waals surface area contributed by atoms with Gasteiger partial charge < -0.3 is 10.1 Å². The van der Waals surface area contributed by atoms with Gasteiger partial charge in [-0.25, -0.2) is 4.39 Å². The lowest BCUT2D eigenvalue weighted by Gasteiger charge is -2.06. The van der Waals surface area contributed by atoms with Crippen LogP contribution in [-0.4, -0.2) is 16.7 Å². The molecule has 0 amide bonds. The summed E-state index contributed by atoms with van der Waals surface area (Å²) in [6, 6.07) is 6.98. The molecule has 100 valence electrons. The zero-order valence-electron chi connectivity index (χ0n) is 10.4. The summed E-state index contributed by atoms with van der Waals surface area (Å²) in [4.78, 5) is 0. The Morgan fingerprint density at radius 1 is 1.16 bits per heavy atom. The van der Waals surface area contributed by atoms with E-state index in [9.17, 15) is 8.78 Å². The number of hydrogen-bond acceptors (Lipinski definition) is 4. The SMILES string of the molecule is CCNCc1ccc(Oc2cccc(F)c2F)nn1. The van der Waals surface area contributed by atoms with Crippen LogP contribution in [0.25, 0.3) is 0 Å². The van der Waals surface area contributed by atoms with Crippen LogP contribution in [-0.2, 0) is 6.54 Å². The lowest BCUT2D eigenvalue weighted by atomic mass is 10.3. The number of hydrogen-bond donors (Lipinski definition) is 1. The van der Waals surface area contributed by atoms with E-state index in [2.05, 4.69) is 15.5 Å². The molecule has 2 rings (SSSR count). The minimum Gasteiger partial charge on any atom is -0.434 e. The van der Waals surface area contributed by atoms with E-state index in [1.54, 1.807) is 12.1 Å². The summed E-state index contributed by atoms with van der Waals surface area (Å²) in [6.07, 6.45) is 0. The first-order valence-corrected chi connectivity index (χ1v) is 5.86. The second kappa shape index (κ2) is 6.19. The monoisotopic (exact) mass is 265 g/mol. The van der Waals surface area contributed by atoms with Crippen LogP contribution in [0.15, 0.2) is 30.3 Å². The van der Waals surface area contributed by atoms with Gasteiger partial charge in [0.15, 0.2) is 11.6 Å². The minimum absolute atomic E-state index is 0.116. The molecule has 0 fully saturated rings. The highest BCUT2D eigenvalue weighted by molar-refractivity contribution is 5.29. The Balaban J connectivity index is 2.09. The van der Waals surface area contributed by atoms with Crippen LogP contribution in [0, 0.1) is 11.6 Å². The van der Waals surface area contributed by atoms with Gasteiger partial charge in [0, 0.05) is 12.6 Å². The molecule has 0 unspecified atom stereocenters. The van der Waals surface area contributed by atoms with Crippen molar-refractivity contribution in [1.82, 2.24) is 15.5 Å². The third kappa shape index (κ3) is 3.45. The highest BCUT2D eigenvalue weighted by Gasteiger charge is 2.10. The standard InChI is InChI=1S/C13H13F2N3O/c1-2-16-8-9-6-7-12(18-17-9)19-11-5-3-4-10(14)13(11)15/h3-7,16H,2,8H2,1H3. The minimum atomic E-state index is -1.04. The van der Waals surface area contributed by atoms with Gasteiger partial charge in [-0.3, -0.25) is 0 Å². The first-order chi connectivity index (χ1) is 9.20. The topological polar surface area (TPSA) is 47.0 Å². The van der Waals surface area contributed by atoms with E-state index in [0.29, 0.717) is 6.54 Å². The summed E-state index contributed by atoms with van der Waals surface area (Å²) in [5.41, 5.74) is 0.744. The van der Waals surface area contributed by atoms with E-state index in [1.807, 2.05) is 6.92 Å². The first-order valence-electron chi connectivity index (χ1n) is 5.86. The zero-order chi connectivity index (χ0) is 13.7. The summed E-state index contributed by atoms with van der Waals surface area (Å²) < 4.78 is 31.5. The van der Waals surface area contributed by atoms with E-state index < -0.39 is 11.6 Å². The van der Waals surface area contributed by atoms with Gasteiger partial charge in [-0.2, -0.15) is 9.49 Å². The number of ether oxygens (including phenoxy) is 1. The molecule has 1 aromatic heterocycles. The molecule has 6 heteroatoms. The quantitative estimate of drug-likeness (QED) is 0.902. The normalized spacial score (nSPS) is 10.5. The van der Waals surface area contributed by atoms with Gasteiger partial charge in [-0.1, -0.05) is 13.0 Å². The molecular formula is C13H13F2N3O. The van der Waals surface area contributed by atoms with Crippen molar-refractivity contribution in [2.75, 3.05) is 6.54 Å². The van der Waals surface area contributed by atoms with E-state index in [0.717, 1.165) is 18.3 Å². The lowest BCUT2D eigenvalue weighted by Crippen LogP contribution is -2.13. The largest absolute Gasteiger partial charge is 0.434 e. The predicted octanol–water partition coefficient (Wildman–Crippen LogP) is 2.66. The third-order valence-corrected chi connectivity index (χ3v) is 2.38. The number of benzene rings is 1. The molecule has 0 saturated heterocycles. The Labute approximate surface area is 109 Å². The van der Waals surface area contributed by atoms with Crippen molar-refractivity contribution in [3.05, 3.63) is 47.7 Å². The van der Waals surface area contributed by atoms with E-state index in [4.69, 9.17) is 4.74 Å². The Hall–Kier alpha value is -2.08. The molecule has 0 aliphatic rings. The Morgan fingerprint density at radius 2 is 2.00 bits per heavy atom. The van der Waals surface area contributed by atoms with Crippen LogP contribution < -0.4 is 10.1 Å². The fourth-order valence-corrected chi connectivity index (χ4v) is 1.42. The van der Waals surface area contributed by atoms with Crippen LogP contribution in [0.1, 0.15) is 12.6 Å². The maximum Gasteiger partial charge on any atom is 0.239 e. The molecule has 0 spiro atoms. The smallest absolute Gasteiger partial charge is 0.239 e. The van der Waals surface area contributed by atoms with Crippen molar-refractivity contribution in [2.45, 2.75) is 13.5 Å². The van der Waals surface area contributed by atoms with Crippen molar-refractivity contribution in [3.63, 3.8) is 0 Å². The molecule has 1 aromatic carbocycles. The van der Waals surface area contributed by atoms with Crippen LogP contribution >= 0.6 is 0 Å². The van der Waals surface area contributed by atoms with Gasteiger partial charge in [-0.15, -0.1) is 5.10 Å². The Kier molecular flexibility index (Phi) is 4.35. The van der Waals surface area contributed by atoms with Crippen LogP contribution in [0.3, 0.4) is 0 Å². The molecule has 0 atom stereocenters. The Morgan fingerprint density at radius 3 is 2.68 bits per heavy atom. The van der Waals surface area contributed by atoms with Gasteiger partial charge in [-0.05, 0) is 24.7 Å². The Bertz CT molecular complexity index is 546. The molecule has 1 N–H and O–H groups in total. The summed E-state index contributed by atoms with van der Waals surface area (Å²) in [6.45, 7) is 3.41. The fourth-order valence-electron chi connectivity index (χ4n) is 1.42. The average Bonchev–Trinajstić information content (AvgIpc) is 2.43. The lowest BCUT2D eigenvalue weighted by molar-refractivity contribution is 0.400. The van der Waals surface area contributed by atoms with Crippen LogP contribution in [0.2, 0.25) is 0 Å². The molecule has 0 radical (unpaired) electrons. The van der Waals surface area contributed by atoms with Crippen molar-refractivity contribution < 1.29 is 13.5 Å². The second-order valence-corrected chi connectivity index (χ2v) is 3.80. The number of nitrogens with zero attached hydrogens (tertiary/aromatic N) is 2. The molecular weight excluding hydrogens is 252 g/mol. The molecule has 2 aromatic rings. The van der Waals surface area contributed by atoms with Gasteiger partial charge in [0.2, 0.25) is 11.7 Å². The van der Waals surface area contributed by atoms with Gasteiger partial charge in [0.25, 0.3) is 0 Å². The fraction of sp³-hybridized carbons (Fsp3) is 0.231. The van der Waals surface area contributed by atoms with Crippen molar-refractivity contribution in [3.8, 4) is 11.6 Å². The summed E-state index contributed by atoms with van der Waals surface area (Å²) >= 11 is 0. The molecule has 0 saturated carbocycles. The first kappa shape index (κ1) is 13.4. The van der Waals surface area contributed by atoms with E-state index >= 15 is 0 Å². The predicted molar refractivity (Wildman–Crippen MR) is 65.8 cm³/mol. The average molecular weight is 265 g/mol. The molecule has 0 bridgehead atoms. The van der Waals surface area contributed by atoms with Gasteiger partial charge in [0.05, 0.1) is 5.69 Å². The maximum absolute atomic E-state index is 13.4. The molecule has 0 aliphatic heterocycles.